The van der Waals surface area contributed by atoms with Crippen LogP contribution in [-0.4, -0.2) is 11.7 Å². The number of rotatable bonds is 1. The van der Waals surface area contributed by atoms with E-state index in [-0.39, 0.29) is 11.5 Å². The summed E-state index contributed by atoms with van der Waals surface area (Å²) in [5.41, 5.74) is 5.89. The van der Waals surface area contributed by atoms with Crippen molar-refractivity contribution in [2.75, 3.05) is 0 Å². The molecule has 2 rings (SSSR count). The van der Waals surface area contributed by atoms with Gasteiger partial charge in [-0.15, -0.1) is 0 Å². The first kappa shape index (κ1) is 7.53. The van der Waals surface area contributed by atoms with Crippen LogP contribution in [0, 0.1) is 5.92 Å². The fourth-order valence-corrected chi connectivity index (χ4v) is 2.25. The van der Waals surface area contributed by atoms with Crippen LogP contribution in [0.4, 0.5) is 4.39 Å². The number of halogens is 1. The first-order valence-electron chi connectivity index (χ1n) is 4.65. The molecule has 0 heterocycles. The van der Waals surface area contributed by atoms with Gasteiger partial charge in [0, 0.05) is 11.5 Å². The number of hydrogen-bond acceptors (Lipinski definition) is 1. The van der Waals surface area contributed by atoms with Gasteiger partial charge >= 0.3 is 0 Å². The van der Waals surface area contributed by atoms with Crippen LogP contribution in [0.15, 0.2) is 0 Å². The van der Waals surface area contributed by atoms with Gasteiger partial charge in [0.1, 0.15) is 6.17 Å². The van der Waals surface area contributed by atoms with Gasteiger partial charge in [0.05, 0.1) is 0 Å². The van der Waals surface area contributed by atoms with Crippen molar-refractivity contribution in [3.05, 3.63) is 0 Å². The first-order valence-corrected chi connectivity index (χ1v) is 4.65. The lowest BCUT2D eigenvalue weighted by atomic mass is 9.81. The van der Waals surface area contributed by atoms with E-state index >= 15 is 0 Å². The largest absolute Gasteiger partial charge is 0.325 e. The van der Waals surface area contributed by atoms with E-state index in [0.29, 0.717) is 0 Å². The van der Waals surface area contributed by atoms with Gasteiger partial charge in [0.15, 0.2) is 0 Å². The zero-order valence-electron chi connectivity index (χ0n) is 6.85. The first-order chi connectivity index (χ1) is 5.22. The molecule has 2 N–H and O–H groups in total. The average Bonchev–Trinajstić information content (AvgIpc) is 2.70. The summed E-state index contributed by atoms with van der Waals surface area (Å²) in [6.07, 6.45) is 5.53. The molecule has 2 heteroatoms. The Morgan fingerprint density at radius 1 is 1.18 bits per heavy atom. The molecule has 64 valence electrons. The molecule has 0 amide bonds. The monoisotopic (exact) mass is 157 g/mol. The van der Waals surface area contributed by atoms with Crippen LogP contribution in [0.3, 0.4) is 0 Å². The third kappa shape index (κ3) is 1.28. The van der Waals surface area contributed by atoms with Crippen LogP contribution in [0.25, 0.3) is 0 Å². The van der Waals surface area contributed by atoms with E-state index < -0.39 is 6.17 Å². The van der Waals surface area contributed by atoms with Crippen molar-refractivity contribution in [2.24, 2.45) is 11.7 Å². The minimum atomic E-state index is -0.601. The summed E-state index contributed by atoms with van der Waals surface area (Å²) in [6, 6.07) is 0. The third-order valence-electron chi connectivity index (χ3n) is 3.25. The van der Waals surface area contributed by atoms with Crippen molar-refractivity contribution < 1.29 is 4.39 Å². The topological polar surface area (TPSA) is 26.0 Å². The maximum absolute atomic E-state index is 13.3. The number of hydrogen-bond donors (Lipinski definition) is 1. The second kappa shape index (κ2) is 2.44. The lowest BCUT2D eigenvalue weighted by Gasteiger charge is -2.30. The molecule has 0 aromatic carbocycles. The average molecular weight is 157 g/mol. The number of nitrogens with two attached hydrogens (primary N) is 1. The predicted octanol–water partition coefficient (Wildman–Crippen LogP) is 2.01. The smallest absolute Gasteiger partial charge is 0.105 e. The predicted molar refractivity (Wildman–Crippen MR) is 43.0 cm³/mol. The highest BCUT2D eigenvalue weighted by Gasteiger charge is 2.49. The van der Waals surface area contributed by atoms with Crippen molar-refractivity contribution >= 4 is 0 Å². The molecule has 0 aromatic rings. The van der Waals surface area contributed by atoms with Gasteiger partial charge in [-0.3, -0.25) is 0 Å². The van der Waals surface area contributed by atoms with Crippen LogP contribution in [0.1, 0.15) is 38.5 Å². The molecule has 2 aliphatic carbocycles. The molecule has 2 atom stereocenters. The van der Waals surface area contributed by atoms with Crippen LogP contribution in [0.5, 0.6) is 0 Å². The van der Waals surface area contributed by atoms with Crippen LogP contribution >= 0.6 is 0 Å². The van der Waals surface area contributed by atoms with Gasteiger partial charge in [0.25, 0.3) is 0 Å². The second-order valence-corrected chi connectivity index (χ2v) is 4.14. The lowest BCUT2D eigenvalue weighted by Crippen LogP contribution is -2.40. The second-order valence-electron chi connectivity index (χ2n) is 4.14. The zero-order chi connectivity index (χ0) is 7.90. The highest BCUT2D eigenvalue weighted by Crippen LogP contribution is 2.46. The van der Waals surface area contributed by atoms with Crippen LogP contribution in [-0.2, 0) is 0 Å². The third-order valence-corrected chi connectivity index (χ3v) is 3.25. The molecule has 1 nitrogen and oxygen atoms in total. The normalized spacial score (nSPS) is 42.0. The van der Waals surface area contributed by atoms with E-state index in [2.05, 4.69) is 0 Å². The minimum absolute atomic E-state index is 0.0835. The van der Waals surface area contributed by atoms with Crippen molar-refractivity contribution in [1.82, 2.24) is 0 Å². The molecule has 0 saturated heterocycles. The van der Waals surface area contributed by atoms with E-state index in [9.17, 15) is 4.39 Å². The van der Waals surface area contributed by atoms with Gasteiger partial charge in [-0.05, 0) is 25.7 Å². The van der Waals surface area contributed by atoms with Gasteiger partial charge in [-0.2, -0.15) is 0 Å². The Balaban J connectivity index is 1.99. The Morgan fingerprint density at radius 3 is 2.36 bits per heavy atom. The molecule has 0 aromatic heterocycles. The molecule has 2 aliphatic rings. The Labute approximate surface area is 67.2 Å². The molecule has 0 spiro atoms. The van der Waals surface area contributed by atoms with Crippen molar-refractivity contribution in [2.45, 2.75) is 50.2 Å². The summed E-state index contributed by atoms with van der Waals surface area (Å²) in [7, 11) is 0. The summed E-state index contributed by atoms with van der Waals surface area (Å²) in [4.78, 5) is 0. The summed E-state index contributed by atoms with van der Waals surface area (Å²) in [5, 5.41) is 0. The molecule has 11 heavy (non-hydrogen) atoms. The van der Waals surface area contributed by atoms with E-state index in [1.165, 1.54) is 6.42 Å². The highest BCUT2D eigenvalue weighted by atomic mass is 19.1. The fraction of sp³-hybridized carbons (Fsp3) is 1.00. The standard InChI is InChI=1S/C9H16FN/c10-8-4-2-1-3-7(8)9(11)5-6-9/h7-8H,1-6,11H2. The molecular formula is C9H16FN. The van der Waals surface area contributed by atoms with Crippen LogP contribution < -0.4 is 5.73 Å². The highest BCUT2D eigenvalue weighted by molar-refractivity contribution is 5.06. The Kier molecular flexibility index (Phi) is 1.67. The molecule has 2 saturated carbocycles. The van der Waals surface area contributed by atoms with Gasteiger partial charge < -0.3 is 5.73 Å². The molecule has 0 aliphatic heterocycles. The van der Waals surface area contributed by atoms with E-state index in [1.807, 2.05) is 0 Å². The van der Waals surface area contributed by atoms with Gasteiger partial charge in [-0.25, -0.2) is 4.39 Å². The maximum atomic E-state index is 13.3. The minimum Gasteiger partial charge on any atom is -0.325 e. The molecule has 0 bridgehead atoms. The lowest BCUT2D eigenvalue weighted by molar-refractivity contribution is 0.134. The van der Waals surface area contributed by atoms with Crippen molar-refractivity contribution in [3.8, 4) is 0 Å². The maximum Gasteiger partial charge on any atom is 0.105 e. The summed E-state index contributed by atoms with van der Waals surface area (Å²) >= 11 is 0. The molecular weight excluding hydrogens is 141 g/mol. The quantitative estimate of drug-likeness (QED) is 0.619. The Hall–Kier alpha value is -0.110. The zero-order valence-corrected chi connectivity index (χ0v) is 6.85. The van der Waals surface area contributed by atoms with E-state index in [0.717, 1.165) is 32.1 Å². The van der Waals surface area contributed by atoms with Gasteiger partial charge in [0.2, 0.25) is 0 Å². The molecule has 2 fully saturated rings. The Bertz CT molecular complexity index is 154. The molecule has 2 unspecified atom stereocenters. The van der Waals surface area contributed by atoms with Crippen LogP contribution in [0.2, 0.25) is 0 Å². The Morgan fingerprint density at radius 2 is 1.82 bits per heavy atom. The fourth-order valence-electron chi connectivity index (χ4n) is 2.25. The van der Waals surface area contributed by atoms with Crippen molar-refractivity contribution in [3.63, 3.8) is 0 Å². The summed E-state index contributed by atoms with van der Waals surface area (Å²) in [6.45, 7) is 0. The molecule has 0 radical (unpaired) electrons. The van der Waals surface area contributed by atoms with Gasteiger partial charge in [-0.1, -0.05) is 12.8 Å². The van der Waals surface area contributed by atoms with E-state index in [1.54, 1.807) is 0 Å². The summed E-state index contributed by atoms with van der Waals surface area (Å²) < 4.78 is 13.3. The number of alkyl halides is 1. The SMILES string of the molecule is NC1(C2CCCCC2F)CC1. The van der Waals surface area contributed by atoms with Crippen molar-refractivity contribution in [1.29, 1.82) is 0 Å². The summed E-state index contributed by atoms with van der Waals surface area (Å²) in [5.74, 6) is 0.191. The van der Waals surface area contributed by atoms with E-state index in [4.69, 9.17) is 5.73 Å².